The summed E-state index contributed by atoms with van der Waals surface area (Å²) in [5.74, 6) is -1.58. The van der Waals surface area contributed by atoms with E-state index in [1.807, 2.05) is 7.05 Å². The van der Waals surface area contributed by atoms with E-state index in [1.54, 1.807) is 11.2 Å². The molecule has 3 heterocycles. The summed E-state index contributed by atoms with van der Waals surface area (Å²) in [4.78, 5) is 31.2. The summed E-state index contributed by atoms with van der Waals surface area (Å²) in [7, 11) is 2.03. The predicted octanol–water partition coefficient (Wildman–Crippen LogP) is 3.24. The first-order valence-corrected chi connectivity index (χ1v) is 13.4. The predicted molar refractivity (Wildman–Crippen MR) is 137 cm³/mol. The molecule has 2 saturated heterocycles. The molecular formula is C27H34F4N6O2. The van der Waals surface area contributed by atoms with Crippen LogP contribution in [0.5, 0.6) is 5.75 Å². The highest BCUT2D eigenvalue weighted by molar-refractivity contribution is 5.84. The van der Waals surface area contributed by atoms with Crippen LogP contribution in [0.3, 0.4) is 0 Å². The molecule has 1 aromatic carbocycles. The van der Waals surface area contributed by atoms with Gasteiger partial charge in [0.1, 0.15) is 12.1 Å². The molecule has 2 atom stereocenters. The van der Waals surface area contributed by atoms with E-state index in [2.05, 4.69) is 36.3 Å². The van der Waals surface area contributed by atoms with Crippen molar-refractivity contribution in [2.75, 3.05) is 70.9 Å². The lowest BCUT2D eigenvalue weighted by atomic mass is 9.95. The van der Waals surface area contributed by atoms with E-state index in [0.29, 0.717) is 44.2 Å². The molecule has 0 radical (unpaired) electrons. The van der Waals surface area contributed by atoms with Crippen LogP contribution >= 0.6 is 0 Å². The van der Waals surface area contributed by atoms with E-state index in [9.17, 15) is 22.4 Å². The summed E-state index contributed by atoms with van der Waals surface area (Å²) in [6.45, 7) is 7.90. The number of alkyl halides is 3. The Labute approximate surface area is 225 Å². The minimum atomic E-state index is -5.00. The molecule has 39 heavy (non-hydrogen) atoms. The molecule has 0 saturated carbocycles. The summed E-state index contributed by atoms with van der Waals surface area (Å²) in [6.07, 6.45) is -1.40. The second-order valence-electron chi connectivity index (χ2n) is 10.7. The summed E-state index contributed by atoms with van der Waals surface area (Å²) >= 11 is 0. The fourth-order valence-corrected chi connectivity index (χ4v) is 5.79. The van der Waals surface area contributed by atoms with E-state index in [4.69, 9.17) is 0 Å². The van der Waals surface area contributed by atoms with Crippen molar-refractivity contribution in [2.24, 2.45) is 0 Å². The topological polar surface area (TPSA) is 65.0 Å². The number of benzene rings is 1. The van der Waals surface area contributed by atoms with E-state index in [-0.39, 0.29) is 5.91 Å². The first-order chi connectivity index (χ1) is 18.6. The highest BCUT2D eigenvalue weighted by Crippen LogP contribution is 2.37. The maximum absolute atomic E-state index is 14.7. The molecule has 5 rings (SSSR count). The van der Waals surface area contributed by atoms with E-state index < -0.39 is 23.8 Å². The van der Waals surface area contributed by atoms with Crippen LogP contribution in [0.15, 0.2) is 24.5 Å². The van der Waals surface area contributed by atoms with Gasteiger partial charge in [-0.25, -0.2) is 14.4 Å². The van der Waals surface area contributed by atoms with Gasteiger partial charge < -0.3 is 19.4 Å². The van der Waals surface area contributed by atoms with Gasteiger partial charge in [-0.1, -0.05) is 13.0 Å². The van der Waals surface area contributed by atoms with Gasteiger partial charge in [0.2, 0.25) is 5.91 Å². The van der Waals surface area contributed by atoms with Crippen molar-refractivity contribution in [1.29, 1.82) is 0 Å². The molecule has 0 bridgehead atoms. The molecule has 2 fully saturated rings. The number of anilines is 1. The number of carbonyl (C=O) groups excluding carboxylic acids is 1. The number of amides is 1. The highest BCUT2D eigenvalue weighted by atomic mass is 19.4. The number of ether oxygens (including phenoxy) is 1. The first-order valence-electron chi connectivity index (χ1n) is 13.4. The molecule has 1 aliphatic carbocycles. The maximum atomic E-state index is 14.7. The van der Waals surface area contributed by atoms with Crippen molar-refractivity contribution in [1.82, 2.24) is 24.7 Å². The Morgan fingerprint density at radius 1 is 1.08 bits per heavy atom. The molecule has 0 N–H and O–H groups in total. The van der Waals surface area contributed by atoms with Crippen molar-refractivity contribution >= 4 is 11.7 Å². The molecular weight excluding hydrogens is 516 g/mol. The summed E-state index contributed by atoms with van der Waals surface area (Å²) < 4.78 is 56.5. The average molecular weight is 551 g/mol. The van der Waals surface area contributed by atoms with Crippen LogP contribution in [0, 0.1) is 5.82 Å². The lowest BCUT2D eigenvalue weighted by Gasteiger charge is -2.39. The van der Waals surface area contributed by atoms with Gasteiger partial charge in [0.15, 0.2) is 11.6 Å². The van der Waals surface area contributed by atoms with Gasteiger partial charge in [-0.3, -0.25) is 9.69 Å². The Morgan fingerprint density at radius 2 is 1.79 bits per heavy atom. The molecule has 1 amide bonds. The number of hydrogen-bond donors (Lipinski definition) is 0. The third-order valence-electron chi connectivity index (χ3n) is 8.06. The molecule has 2 unspecified atom stereocenters. The highest BCUT2D eigenvalue weighted by Gasteiger charge is 2.35. The molecule has 12 heteroatoms. The molecule has 1 aromatic heterocycles. The van der Waals surface area contributed by atoms with Crippen LogP contribution in [0.1, 0.15) is 42.0 Å². The third-order valence-corrected chi connectivity index (χ3v) is 8.06. The van der Waals surface area contributed by atoms with Crippen molar-refractivity contribution in [3.05, 3.63) is 47.2 Å². The number of rotatable bonds is 6. The zero-order chi connectivity index (χ0) is 27.7. The van der Waals surface area contributed by atoms with Gasteiger partial charge in [0.05, 0.1) is 5.92 Å². The quantitative estimate of drug-likeness (QED) is 0.512. The van der Waals surface area contributed by atoms with Gasteiger partial charge >= 0.3 is 6.36 Å². The Balaban J connectivity index is 1.32. The number of carbonyl (C=O) groups is 1. The zero-order valence-corrected chi connectivity index (χ0v) is 22.3. The smallest absolute Gasteiger partial charge is 0.403 e. The van der Waals surface area contributed by atoms with Gasteiger partial charge in [-0.15, -0.1) is 13.2 Å². The third kappa shape index (κ3) is 6.27. The monoisotopic (exact) mass is 550 g/mol. The minimum Gasteiger partial charge on any atom is -0.403 e. The van der Waals surface area contributed by atoms with Crippen LogP contribution in [0.2, 0.25) is 0 Å². The van der Waals surface area contributed by atoms with Gasteiger partial charge in [-0.05, 0) is 43.5 Å². The summed E-state index contributed by atoms with van der Waals surface area (Å²) in [5, 5.41) is 0. The number of likely N-dealkylation sites (N-methyl/N-ethyl adjacent to an activating group) is 1. The maximum Gasteiger partial charge on any atom is 0.573 e. The second-order valence-corrected chi connectivity index (χ2v) is 10.7. The standard InChI is InChI=1S/C27H34F4N6O2/c1-18-3-5-22-24(18)25(33-17-32-22)36-11-13-37(14-12-36)26(38)20(16-35-9-7-34(2)8-10-35)19-4-6-23(21(28)15-19)39-27(29,30)31/h4,6,15,17-18,20H,3,5,7-14,16H2,1-2H3. The second kappa shape index (κ2) is 11.2. The molecule has 212 valence electrons. The molecule has 2 aliphatic heterocycles. The van der Waals surface area contributed by atoms with Crippen LogP contribution in [0.25, 0.3) is 0 Å². The summed E-state index contributed by atoms with van der Waals surface area (Å²) in [5.41, 5.74) is 2.64. The Morgan fingerprint density at radius 3 is 2.46 bits per heavy atom. The van der Waals surface area contributed by atoms with Gasteiger partial charge in [0, 0.05) is 70.2 Å². The Kier molecular flexibility index (Phi) is 7.95. The number of piperazine rings is 2. The normalized spacial score (nSPS) is 21.6. The number of aromatic nitrogens is 2. The molecule has 0 spiro atoms. The summed E-state index contributed by atoms with van der Waals surface area (Å²) in [6, 6.07) is 3.32. The van der Waals surface area contributed by atoms with E-state index in [1.165, 1.54) is 11.6 Å². The van der Waals surface area contributed by atoms with Crippen LogP contribution < -0.4 is 9.64 Å². The van der Waals surface area contributed by atoms with E-state index in [0.717, 1.165) is 62.7 Å². The SMILES string of the molecule is CC1CCc2ncnc(N3CCN(C(=O)C(CN4CCN(C)CC4)c4ccc(OC(F)(F)F)c(F)c4)CC3)c21. The van der Waals surface area contributed by atoms with Gasteiger partial charge in [-0.2, -0.15) is 0 Å². The molecule has 2 aromatic rings. The first kappa shape index (κ1) is 27.6. The van der Waals surface area contributed by atoms with Crippen LogP contribution in [-0.2, 0) is 11.2 Å². The zero-order valence-electron chi connectivity index (χ0n) is 22.3. The van der Waals surface area contributed by atoms with Crippen molar-refractivity contribution in [2.45, 2.75) is 38.0 Å². The molecule has 8 nitrogen and oxygen atoms in total. The number of aryl methyl sites for hydroxylation is 1. The average Bonchev–Trinajstić information content (AvgIpc) is 3.29. The fraction of sp³-hybridized carbons (Fsp3) is 0.593. The lowest BCUT2D eigenvalue weighted by molar-refractivity contribution is -0.275. The Bertz CT molecular complexity index is 1180. The number of nitrogens with zero attached hydrogens (tertiary/aromatic N) is 6. The Hall–Kier alpha value is -2.99. The number of fused-ring (bicyclic) bond motifs is 1. The fourth-order valence-electron chi connectivity index (χ4n) is 5.79. The van der Waals surface area contributed by atoms with Crippen LogP contribution in [0.4, 0.5) is 23.4 Å². The number of halogens is 4. The number of hydrogen-bond acceptors (Lipinski definition) is 7. The lowest BCUT2D eigenvalue weighted by Crippen LogP contribution is -2.52. The minimum absolute atomic E-state index is 0.154. The van der Waals surface area contributed by atoms with Gasteiger partial charge in [0.25, 0.3) is 0 Å². The van der Waals surface area contributed by atoms with Crippen molar-refractivity contribution < 1.29 is 27.1 Å². The van der Waals surface area contributed by atoms with Crippen molar-refractivity contribution in [3.63, 3.8) is 0 Å². The largest absolute Gasteiger partial charge is 0.573 e. The van der Waals surface area contributed by atoms with Crippen LogP contribution in [-0.4, -0.2) is 103 Å². The molecule has 3 aliphatic rings. The van der Waals surface area contributed by atoms with E-state index >= 15 is 0 Å². The van der Waals surface area contributed by atoms with Crippen molar-refractivity contribution in [3.8, 4) is 5.75 Å².